The van der Waals surface area contributed by atoms with Gasteiger partial charge in [0.25, 0.3) is 0 Å². The van der Waals surface area contributed by atoms with Crippen molar-refractivity contribution in [2.75, 3.05) is 6.61 Å². The number of ether oxygens (including phenoxy) is 2. The number of rotatable bonds is 7. The van der Waals surface area contributed by atoms with E-state index in [1.807, 2.05) is 32.0 Å². The van der Waals surface area contributed by atoms with Gasteiger partial charge in [-0.1, -0.05) is 0 Å². The molecule has 0 spiro atoms. The molecule has 1 unspecified atom stereocenters. The van der Waals surface area contributed by atoms with E-state index in [9.17, 15) is 9.59 Å². The van der Waals surface area contributed by atoms with E-state index in [0.29, 0.717) is 18.0 Å². The minimum Gasteiger partial charge on any atom is -0.493 e. The molecule has 27 heavy (non-hydrogen) atoms. The van der Waals surface area contributed by atoms with Gasteiger partial charge in [0.15, 0.2) is 5.78 Å². The van der Waals surface area contributed by atoms with E-state index >= 15 is 0 Å². The predicted molar refractivity (Wildman–Crippen MR) is 107 cm³/mol. The molecule has 1 aliphatic heterocycles. The summed E-state index contributed by atoms with van der Waals surface area (Å²) in [4.78, 5) is 25.1. The number of thiophene rings is 1. The van der Waals surface area contributed by atoms with Crippen molar-refractivity contribution in [3.63, 3.8) is 0 Å². The third-order valence-corrected chi connectivity index (χ3v) is 5.26. The summed E-state index contributed by atoms with van der Waals surface area (Å²) in [5, 5.41) is 2.73. The molecule has 0 radical (unpaired) electrons. The van der Waals surface area contributed by atoms with Crippen LogP contribution in [-0.2, 0) is 17.8 Å². The van der Waals surface area contributed by atoms with Crippen LogP contribution in [0.15, 0.2) is 30.3 Å². The Balaban J connectivity index is 1.76. The van der Waals surface area contributed by atoms with E-state index in [4.69, 9.17) is 9.47 Å². The lowest BCUT2D eigenvalue weighted by molar-refractivity contribution is -0.119. The Morgan fingerprint density at radius 2 is 2.19 bits per heavy atom. The maximum absolute atomic E-state index is 12.5. The Morgan fingerprint density at radius 1 is 1.37 bits per heavy atom. The van der Waals surface area contributed by atoms with Crippen molar-refractivity contribution in [1.29, 1.82) is 0 Å². The fraction of sp³-hybridized carbons (Fsp3) is 0.333. The van der Waals surface area contributed by atoms with Crippen LogP contribution in [0.4, 0.5) is 0 Å². The number of nitrogens with one attached hydrogen (secondary N) is 1. The van der Waals surface area contributed by atoms with Gasteiger partial charge < -0.3 is 14.8 Å². The minimum absolute atomic E-state index is 0.0775. The molecule has 1 aromatic heterocycles. The van der Waals surface area contributed by atoms with Gasteiger partial charge in [-0.2, -0.15) is 0 Å². The van der Waals surface area contributed by atoms with E-state index in [1.165, 1.54) is 18.3 Å². The van der Waals surface area contributed by atoms with Crippen LogP contribution in [0.5, 0.6) is 11.5 Å². The summed E-state index contributed by atoms with van der Waals surface area (Å²) in [5.41, 5.74) is 1.96. The molecule has 0 aliphatic carbocycles. The highest BCUT2D eigenvalue weighted by atomic mass is 32.1. The topological polar surface area (TPSA) is 64.6 Å². The molecule has 0 fully saturated rings. The van der Waals surface area contributed by atoms with Gasteiger partial charge in [-0.3, -0.25) is 9.59 Å². The lowest BCUT2D eigenvalue weighted by Gasteiger charge is -2.09. The van der Waals surface area contributed by atoms with Crippen LogP contribution >= 0.6 is 11.3 Å². The standard InChI is InChI=1S/C21H23NO4S/c1-4-25-19-11-16-9-13(2)26-20(16)10-15(19)5-7-18(24)21-8-6-17(27-21)12-22-14(3)23/h5-8,10-11,13H,4,9,12H2,1-3H3,(H,22,23)/b7-5+. The van der Waals surface area contributed by atoms with Crippen molar-refractivity contribution in [2.24, 2.45) is 0 Å². The lowest BCUT2D eigenvalue weighted by Crippen LogP contribution is -2.18. The smallest absolute Gasteiger partial charge is 0.217 e. The average Bonchev–Trinajstić information content (AvgIpc) is 3.23. The van der Waals surface area contributed by atoms with Crippen molar-refractivity contribution < 1.29 is 19.1 Å². The van der Waals surface area contributed by atoms with Crippen LogP contribution in [0.3, 0.4) is 0 Å². The number of carbonyl (C=O) groups excluding carboxylic acids is 2. The first-order valence-electron chi connectivity index (χ1n) is 8.98. The van der Waals surface area contributed by atoms with E-state index in [2.05, 4.69) is 5.32 Å². The molecule has 3 rings (SSSR count). The molecule has 2 aromatic rings. The molecule has 142 valence electrons. The van der Waals surface area contributed by atoms with Crippen LogP contribution in [0.2, 0.25) is 0 Å². The molecule has 1 aliphatic rings. The van der Waals surface area contributed by atoms with Gasteiger partial charge in [0, 0.05) is 29.3 Å². The van der Waals surface area contributed by atoms with Crippen molar-refractivity contribution in [3.05, 3.63) is 51.2 Å². The molecule has 0 bridgehead atoms. The summed E-state index contributed by atoms with van der Waals surface area (Å²) in [6.07, 6.45) is 4.34. The quantitative estimate of drug-likeness (QED) is 0.578. The number of hydrogen-bond donors (Lipinski definition) is 1. The van der Waals surface area contributed by atoms with Crippen molar-refractivity contribution in [2.45, 2.75) is 39.8 Å². The highest BCUT2D eigenvalue weighted by Gasteiger charge is 2.21. The second kappa shape index (κ2) is 8.39. The van der Waals surface area contributed by atoms with E-state index < -0.39 is 0 Å². The number of allylic oxidation sites excluding steroid dienone is 1. The summed E-state index contributed by atoms with van der Waals surface area (Å²) in [6, 6.07) is 7.58. The summed E-state index contributed by atoms with van der Waals surface area (Å²) >= 11 is 1.38. The molecular formula is C21H23NO4S. The zero-order chi connectivity index (χ0) is 19.4. The third kappa shape index (κ3) is 4.77. The number of benzene rings is 1. The fourth-order valence-corrected chi connectivity index (χ4v) is 3.80. The molecule has 6 heteroatoms. The zero-order valence-electron chi connectivity index (χ0n) is 15.7. The number of fused-ring (bicyclic) bond motifs is 1. The summed E-state index contributed by atoms with van der Waals surface area (Å²) in [5.74, 6) is 1.45. The van der Waals surface area contributed by atoms with Crippen LogP contribution in [0.25, 0.3) is 6.08 Å². The van der Waals surface area contributed by atoms with Gasteiger partial charge in [0.2, 0.25) is 5.91 Å². The monoisotopic (exact) mass is 385 g/mol. The van der Waals surface area contributed by atoms with Crippen LogP contribution in [0, 0.1) is 0 Å². The van der Waals surface area contributed by atoms with Crippen molar-refractivity contribution in [3.8, 4) is 11.5 Å². The average molecular weight is 385 g/mol. The summed E-state index contributed by atoms with van der Waals surface area (Å²) in [6.45, 7) is 6.44. The zero-order valence-corrected chi connectivity index (χ0v) is 16.5. The molecule has 1 N–H and O–H groups in total. The predicted octanol–water partition coefficient (Wildman–Crippen LogP) is 4.00. The van der Waals surface area contributed by atoms with E-state index in [0.717, 1.165) is 33.9 Å². The largest absolute Gasteiger partial charge is 0.493 e. The van der Waals surface area contributed by atoms with Gasteiger partial charge in [0.1, 0.15) is 17.6 Å². The third-order valence-electron chi connectivity index (χ3n) is 4.16. The second-order valence-corrected chi connectivity index (χ2v) is 7.60. The van der Waals surface area contributed by atoms with Crippen LogP contribution in [-0.4, -0.2) is 24.4 Å². The maximum atomic E-state index is 12.5. The Hall–Kier alpha value is -2.60. The van der Waals surface area contributed by atoms with Crippen molar-refractivity contribution in [1.82, 2.24) is 5.32 Å². The van der Waals surface area contributed by atoms with Gasteiger partial charge >= 0.3 is 0 Å². The Labute approximate surface area is 163 Å². The van der Waals surface area contributed by atoms with Gasteiger partial charge in [0.05, 0.1) is 18.0 Å². The van der Waals surface area contributed by atoms with Gasteiger partial charge in [-0.25, -0.2) is 0 Å². The first-order valence-corrected chi connectivity index (χ1v) is 9.80. The van der Waals surface area contributed by atoms with Gasteiger partial charge in [-0.05, 0) is 50.3 Å². The molecule has 1 amide bonds. The lowest BCUT2D eigenvalue weighted by atomic mass is 10.1. The van der Waals surface area contributed by atoms with Gasteiger partial charge in [-0.15, -0.1) is 11.3 Å². The highest BCUT2D eigenvalue weighted by Crippen LogP contribution is 2.35. The summed E-state index contributed by atoms with van der Waals surface area (Å²) < 4.78 is 11.6. The molecule has 2 heterocycles. The van der Waals surface area contributed by atoms with E-state index in [-0.39, 0.29) is 17.8 Å². The molecule has 1 atom stereocenters. The SMILES string of the molecule is CCOc1cc2c(cc1/C=C/C(=O)c1ccc(CNC(C)=O)s1)OC(C)C2. The minimum atomic E-state index is -0.0900. The first kappa shape index (κ1) is 19.2. The first-order chi connectivity index (χ1) is 13.0. The Bertz CT molecular complexity index is 884. The Morgan fingerprint density at radius 3 is 2.93 bits per heavy atom. The molecule has 5 nitrogen and oxygen atoms in total. The van der Waals surface area contributed by atoms with E-state index in [1.54, 1.807) is 18.2 Å². The number of amides is 1. The van der Waals surface area contributed by atoms with Crippen molar-refractivity contribution >= 4 is 29.1 Å². The molecular weight excluding hydrogens is 362 g/mol. The second-order valence-electron chi connectivity index (χ2n) is 6.44. The van der Waals surface area contributed by atoms with Crippen LogP contribution < -0.4 is 14.8 Å². The Kier molecular flexibility index (Phi) is 5.96. The molecule has 0 saturated carbocycles. The maximum Gasteiger partial charge on any atom is 0.217 e. The normalized spacial score (nSPS) is 15.4. The molecule has 0 saturated heterocycles. The number of hydrogen-bond acceptors (Lipinski definition) is 5. The number of ketones is 1. The summed E-state index contributed by atoms with van der Waals surface area (Å²) in [7, 11) is 0. The fourth-order valence-electron chi connectivity index (χ4n) is 2.93. The number of carbonyl (C=O) groups is 2. The van der Waals surface area contributed by atoms with Crippen LogP contribution in [0.1, 0.15) is 46.4 Å². The highest BCUT2D eigenvalue weighted by molar-refractivity contribution is 7.14. The molecule has 1 aromatic carbocycles.